The van der Waals surface area contributed by atoms with Crippen LogP contribution in [0.25, 0.3) is 0 Å². The van der Waals surface area contributed by atoms with E-state index in [1.54, 1.807) is 7.11 Å². The first kappa shape index (κ1) is 18.6. The van der Waals surface area contributed by atoms with Crippen molar-refractivity contribution in [2.45, 2.75) is 65.0 Å². The van der Waals surface area contributed by atoms with E-state index in [1.807, 2.05) is 13.0 Å². The summed E-state index contributed by atoms with van der Waals surface area (Å²) in [4.78, 5) is 0. The van der Waals surface area contributed by atoms with Crippen LogP contribution in [0.2, 0.25) is 0 Å². The monoisotopic (exact) mass is 421 g/mol. The average Bonchev–Trinajstić information content (AvgIpc) is 2.60. The molecule has 0 aliphatic heterocycles. The van der Waals surface area contributed by atoms with Gasteiger partial charge < -0.3 is 14.8 Å². The van der Waals surface area contributed by atoms with Gasteiger partial charge in [-0.25, -0.2) is 0 Å². The molecule has 0 heterocycles. The first-order valence-electron chi connectivity index (χ1n) is 10.3. The Bertz CT molecular complexity index is 625. The van der Waals surface area contributed by atoms with E-state index in [9.17, 15) is 0 Å². The Balaban J connectivity index is 1.50. The second-order valence-electron chi connectivity index (χ2n) is 8.91. The second kappa shape index (κ2) is 7.35. The Morgan fingerprint density at radius 1 is 1.15 bits per heavy atom. The van der Waals surface area contributed by atoms with Crippen LogP contribution in [-0.4, -0.2) is 19.8 Å². The molecule has 0 saturated heterocycles. The molecule has 144 valence electrons. The number of methoxy groups -OCH3 is 1. The maximum absolute atomic E-state index is 5.91. The third-order valence-corrected chi connectivity index (χ3v) is 7.67. The summed E-state index contributed by atoms with van der Waals surface area (Å²) >= 11 is 3.61. The van der Waals surface area contributed by atoms with Gasteiger partial charge in [0.15, 0.2) is 11.5 Å². The van der Waals surface area contributed by atoms with Crippen molar-refractivity contribution in [1.29, 1.82) is 0 Å². The molecule has 1 unspecified atom stereocenters. The summed E-state index contributed by atoms with van der Waals surface area (Å²) in [6.45, 7) is 5.92. The zero-order chi connectivity index (χ0) is 18.3. The molecule has 1 aromatic carbocycles. The number of hydrogen-bond acceptors (Lipinski definition) is 3. The second-order valence-corrected chi connectivity index (χ2v) is 9.83. The Kier molecular flexibility index (Phi) is 5.26. The standard InChI is InChI=1S/C22H32BrNO2/c1-4-26-21-18(8-19(23)9-20(21)25-3)13-24-14(2)22-10-15-5-16(11-22)7-17(6-15)12-22/h8-9,14-17,24H,4-7,10-13H2,1-3H3. The first-order valence-corrected chi connectivity index (χ1v) is 11.0. The highest BCUT2D eigenvalue weighted by molar-refractivity contribution is 9.10. The highest BCUT2D eigenvalue weighted by Gasteiger charge is 2.52. The van der Waals surface area contributed by atoms with Crippen LogP contribution in [-0.2, 0) is 6.54 Å². The number of ether oxygens (including phenoxy) is 2. The summed E-state index contributed by atoms with van der Waals surface area (Å²) in [5, 5.41) is 3.88. The summed E-state index contributed by atoms with van der Waals surface area (Å²) in [5.41, 5.74) is 1.70. The van der Waals surface area contributed by atoms with Gasteiger partial charge in [-0.2, -0.15) is 0 Å². The zero-order valence-electron chi connectivity index (χ0n) is 16.3. The van der Waals surface area contributed by atoms with Gasteiger partial charge in [-0.3, -0.25) is 0 Å². The molecule has 4 bridgehead atoms. The zero-order valence-corrected chi connectivity index (χ0v) is 17.9. The number of benzene rings is 1. The van der Waals surface area contributed by atoms with Gasteiger partial charge >= 0.3 is 0 Å². The molecule has 4 fully saturated rings. The van der Waals surface area contributed by atoms with Gasteiger partial charge in [-0.15, -0.1) is 0 Å². The van der Waals surface area contributed by atoms with Crippen molar-refractivity contribution in [2.24, 2.45) is 23.2 Å². The van der Waals surface area contributed by atoms with Crippen molar-refractivity contribution in [2.75, 3.05) is 13.7 Å². The molecule has 0 spiro atoms. The smallest absolute Gasteiger partial charge is 0.165 e. The molecule has 4 heteroatoms. The topological polar surface area (TPSA) is 30.5 Å². The molecule has 5 rings (SSSR count). The van der Waals surface area contributed by atoms with E-state index in [0.717, 1.165) is 40.3 Å². The van der Waals surface area contributed by atoms with E-state index in [4.69, 9.17) is 9.47 Å². The molecule has 4 aliphatic rings. The van der Waals surface area contributed by atoms with E-state index < -0.39 is 0 Å². The third kappa shape index (κ3) is 3.40. The molecule has 4 aliphatic carbocycles. The lowest BCUT2D eigenvalue weighted by Gasteiger charge is -2.59. The molecule has 3 nitrogen and oxygen atoms in total. The van der Waals surface area contributed by atoms with E-state index in [-0.39, 0.29) is 0 Å². The predicted octanol–water partition coefficient (Wildman–Crippen LogP) is 5.55. The third-order valence-electron chi connectivity index (χ3n) is 7.21. The van der Waals surface area contributed by atoms with E-state index >= 15 is 0 Å². The van der Waals surface area contributed by atoms with Crippen LogP contribution in [0.15, 0.2) is 16.6 Å². The summed E-state index contributed by atoms with van der Waals surface area (Å²) in [6.07, 6.45) is 8.82. The summed E-state index contributed by atoms with van der Waals surface area (Å²) in [7, 11) is 1.71. The van der Waals surface area contributed by atoms with Crippen LogP contribution in [0.1, 0.15) is 57.9 Å². The lowest BCUT2D eigenvalue weighted by Crippen LogP contribution is -2.54. The minimum atomic E-state index is 0.524. The largest absolute Gasteiger partial charge is 0.493 e. The van der Waals surface area contributed by atoms with Crippen molar-refractivity contribution in [3.8, 4) is 11.5 Å². The Hall–Kier alpha value is -0.740. The van der Waals surface area contributed by atoms with Gasteiger partial charge in [0.2, 0.25) is 0 Å². The normalized spacial score (nSPS) is 33.3. The molecule has 0 aromatic heterocycles. The van der Waals surface area contributed by atoms with Crippen LogP contribution in [0.4, 0.5) is 0 Å². The lowest BCUT2D eigenvalue weighted by atomic mass is 9.48. The maximum Gasteiger partial charge on any atom is 0.165 e. The summed E-state index contributed by atoms with van der Waals surface area (Å²) < 4.78 is 12.5. The highest BCUT2D eigenvalue weighted by atomic mass is 79.9. The van der Waals surface area contributed by atoms with E-state index in [1.165, 1.54) is 44.1 Å². The van der Waals surface area contributed by atoms with Crippen LogP contribution in [0.5, 0.6) is 11.5 Å². The minimum Gasteiger partial charge on any atom is -0.493 e. The minimum absolute atomic E-state index is 0.524. The van der Waals surface area contributed by atoms with Crippen molar-refractivity contribution in [3.05, 3.63) is 22.2 Å². The SMILES string of the molecule is CCOc1c(CNC(C)C23CC4CC(CC(C4)C2)C3)cc(Br)cc1OC. The van der Waals surface area contributed by atoms with Crippen molar-refractivity contribution in [3.63, 3.8) is 0 Å². The molecule has 1 aromatic rings. The maximum atomic E-state index is 5.91. The van der Waals surface area contributed by atoms with E-state index in [0.29, 0.717) is 18.1 Å². The fraction of sp³-hybridized carbons (Fsp3) is 0.727. The van der Waals surface area contributed by atoms with Crippen LogP contribution < -0.4 is 14.8 Å². The van der Waals surface area contributed by atoms with Gasteiger partial charge in [-0.1, -0.05) is 15.9 Å². The fourth-order valence-electron chi connectivity index (χ4n) is 6.40. The van der Waals surface area contributed by atoms with Crippen molar-refractivity contribution in [1.82, 2.24) is 5.32 Å². The number of hydrogen-bond donors (Lipinski definition) is 1. The molecule has 26 heavy (non-hydrogen) atoms. The van der Waals surface area contributed by atoms with Gasteiger partial charge in [-0.05, 0) is 87.7 Å². The van der Waals surface area contributed by atoms with Crippen LogP contribution in [0.3, 0.4) is 0 Å². The lowest BCUT2D eigenvalue weighted by molar-refractivity contribution is -0.0706. The highest BCUT2D eigenvalue weighted by Crippen LogP contribution is 2.61. The summed E-state index contributed by atoms with van der Waals surface area (Å²) in [5.74, 6) is 4.67. The summed E-state index contributed by atoms with van der Waals surface area (Å²) in [6, 6.07) is 4.69. The Morgan fingerprint density at radius 3 is 2.31 bits per heavy atom. The predicted molar refractivity (Wildman–Crippen MR) is 109 cm³/mol. The van der Waals surface area contributed by atoms with Gasteiger partial charge in [0.1, 0.15) is 0 Å². The molecular weight excluding hydrogens is 390 g/mol. The van der Waals surface area contributed by atoms with Gasteiger partial charge in [0.25, 0.3) is 0 Å². The number of rotatable bonds is 7. The van der Waals surface area contributed by atoms with Gasteiger partial charge in [0, 0.05) is 22.6 Å². The number of nitrogens with one attached hydrogen (secondary N) is 1. The van der Waals surface area contributed by atoms with Gasteiger partial charge in [0.05, 0.1) is 13.7 Å². The molecule has 1 atom stereocenters. The van der Waals surface area contributed by atoms with Crippen LogP contribution in [0, 0.1) is 23.2 Å². The quantitative estimate of drug-likeness (QED) is 0.625. The molecule has 0 radical (unpaired) electrons. The average molecular weight is 422 g/mol. The van der Waals surface area contributed by atoms with E-state index in [2.05, 4.69) is 34.2 Å². The van der Waals surface area contributed by atoms with Crippen LogP contribution >= 0.6 is 15.9 Å². The molecule has 0 amide bonds. The fourth-order valence-corrected chi connectivity index (χ4v) is 6.89. The Morgan fingerprint density at radius 2 is 1.77 bits per heavy atom. The Labute approximate surface area is 166 Å². The van der Waals surface area contributed by atoms with Crippen molar-refractivity contribution < 1.29 is 9.47 Å². The van der Waals surface area contributed by atoms with Crippen molar-refractivity contribution >= 4 is 15.9 Å². The molecule has 4 saturated carbocycles. The molecular formula is C22H32BrNO2. The first-order chi connectivity index (χ1) is 12.5. The number of halogens is 1. The molecule has 1 N–H and O–H groups in total.